The standard InChI is InChI=1S/C23H25ClN2O3S/c1-15(2)12-21(27)26-10-11-30-23(26)18-13-17(29-3)8-9-20(18)25(22(23)28)14-16-6-4-5-7-19(16)24/h4-9,13,15H,10-12,14H2,1-3H3/t23-/m1/s1. The number of rotatable bonds is 5. The maximum absolute atomic E-state index is 13.9. The molecule has 1 saturated heterocycles. The van der Waals surface area contributed by atoms with Crippen molar-refractivity contribution in [1.82, 2.24) is 4.90 Å². The molecular formula is C23H25ClN2O3S. The highest BCUT2D eigenvalue weighted by Crippen LogP contribution is 2.55. The van der Waals surface area contributed by atoms with Crippen LogP contribution < -0.4 is 9.64 Å². The van der Waals surface area contributed by atoms with Crippen molar-refractivity contribution in [2.45, 2.75) is 31.7 Å². The Morgan fingerprint density at radius 1 is 1.27 bits per heavy atom. The lowest BCUT2D eigenvalue weighted by Crippen LogP contribution is -2.50. The molecular weight excluding hydrogens is 420 g/mol. The Labute approximate surface area is 186 Å². The number of hydrogen-bond acceptors (Lipinski definition) is 4. The van der Waals surface area contributed by atoms with Crippen molar-refractivity contribution >= 4 is 40.9 Å². The summed E-state index contributed by atoms with van der Waals surface area (Å²) in [5, 5.41) is 0.619. The topological polar surface area (TPSA) is 49.9 Å². The average molecular weight is 445 g/mol. The first kappa shape index (κ1) is 21.1. The quantitative estimate of drug-likeness (QED) is 0.672. The normalized spacial score (nSPS) is 20.4. The smallest absolute Gasteiger partial charge is 0.268 e. The summed E-state index contributed by atoms with van der Waals surface area (Å²) in [6.45, 7) is 4.95. The zero-order chi connectivity index (χ0) is 21.5. The summed E-state index contributed by atoms with van der Waals surface area (Å²) in [7, 11) is 1.61. The summed E-state index contributed by atoms with van der Waals surface area (Å²) in [6.07, 6.45) is 0.416. The number of halogens is 1. The van der Waals surface area contributed by atoms with E-state index in [4.69, 9.17) is 16.3 Å². The number of methoxy groups -OCH3 is 1. The Balaban J connectivity index is 1.81. The molecule has 0 radical (unpaired) electrons. The molecule has 0 unspecified atom stereocenters. The third-order valence-electron chi connectivity index (χ3n) is 5.57. The maximum atomic E-state index is 13.9. The third-order valence-corrected chi connectivity index (χ3v) is 7.36. The van der Waals surface area contributed by atoms with Crippen LogP contribution in [0.15, 0.2) is 42.5 Å². The average Bonchev–Trinajstić information content (AvgIpc) is 3.26. The van der Waals surface area contributed by atoms with Crippen LogP contribution in [0.4, 0.5) is 5.69 Å². The van der Waals surface area contributed by atoms with Gasteiger partial charge in [0.05, 0.1) is 19.3 Å². The van der Waals surface area contributed by atoms with Crippen molar-refractivity contribution < 1.29 is 14.3 Å². The van der Waals surface area contributed by atoms with E-state index >= 15 is 0 Å². The molecule has 2 heterocycles. The number of anilines is 1. The number of fused-ring (bicyclic) bond motifs is 2. The number of nitrogens with zero attached hydrogens (tertiary/aromatic N) is 2. The summed E-state index contributed by atoms with van der Waals surface area (Å²) >= 11 is 7.91. The van der Waals surface area contributed by atoms with Crippen LogP contribution >= 0.6 is 23.4 Å². The van der Waals surface area contributed by atoms with Crippen molar-refractivity contribution in [1.29, 1.82) is 0 Å². The van der Waals surface area contributed by atoms with Crippen LogP contribution in [0.1, 0.15) is 31.4 Å². The molecule has 0 saturated carbocycles. The van der Waals surface area contributed by atoms with Crippen molar-refractivity contribution in [3.05, 3.63) is 58.6 Å². The highest BCUT2D eigenvalue weighted by atomic mass is 35.5. The van der Waals surface area contributed by atoms with Crippen molar-refractivity contribution in [2.75, 3.05) is 24.3 Å². The van der Waals surface area contributed by atoms with E-state index in [1.165, 1.54) is 11.8 Å². The molecule has 0 aliphatic carbocycles. The molecule has 5 nitrogen and oxygen atoms in total. The van der Waals surface area contributed by atoms with Crippen molar-refractivity contribution in [2.24, 2.45) is 5.92 Å². The number of thioether (sulfide) groups is 1. The molecule has 2 aromatic carbocycles. The highest BCUT2D eigenvalue weighted by Gasteiger charge is 2.59. The molecule has 1 fully saturated rings. The van der Waals surface area contributed by atoms with Crippen LogP contribution in [0.5, 0.6) is 5.75 Å². The number of carbonyl (C=O) groups is 2. The second kappa shape index (κ2) is 8.16. The van der Waals surface area contributed by atoms with Gasteiger partial charge in [0.15, 0.2) is 4.87 Å². The second-order valence-electron chi connectivity index (χ2n) is 8.00. The number of carbonyl (C=O) groups excluding carboxylic acids is 2. The molecule has 2 aromatic rings. The second-order valence-corrected chi connectivity index (χ2v) is 9.70. The van der Waals surface area contributed by atoms with E-state index in [1.54, 1.807) is 16.9 Å². The fraction of sp³-hybridized carbons (Fsp3) is 0.391. The fourth-order valence-electron chi connectivity index (χ4n) is 4.19. The maximum Gasteiger partial charge on any atom is 0.268 e. The highest BCUT2D eigenvalue weighted by molar-refractivity contribution is 8.01. The first-order valence-electron chi connectivity index (χ1n) is 10.1. The summed E-state index contributed by atoms with van der Waals surface area (Å²) in [5.41, 5.74) is 2.49. The van der Waals surface area contributed by atoms with E-state index in [-0.39, 0.29) is 17.7 Å². The minimum atomic E-state index is -1.04. The van der Waals surface area contributed by atoms with Crippen molar-refractivity contribution in [3.8, 4) is 5.75 Å². The molecule has 1 spiro atoms. The Morgan fingerprint density at radius 2 is 2.03 bits per heavy atom. The minimum Gasteiger partial charge on any atom is -0.497 e. The molecule has 0 aromatic heterocycles. The summed E-state index contributed by atoms with van der Waals surface area (Å²) in [4.78, 5) is 29.5. The molecule has 30 heavy (non-hydrogen) atoms. The van der Waals surface area contributed by atoms with Gasteiger partial charge in [0.1, 0.15) is 5.75 Å². The minimum absolute atomic E-state index is 0.0108. The van der Waals surface area contributed by atoms with E-state index in [9.17, 15) is 9.59 Å². The van der Waals surface area contributed by atoms with Gasteiger partial charge in [-0.15, -0.1) is 11.8 Å². The van der Waals surface area contributed by atoms with Gasteiger partial charge in [0.2, 0.25) is 5.91 Å². The number of ether oxygens (including phenoxy) is 1. The molecule has 7 heteroatoms. The van der Waals surface area contributed by atoms with E-state index in [0.717, 1.165) is 16.8 Å². The van der Waals surface area contributed by atoms with Gasteiger partial charge in [-0.1, -0.05) is 43.6 Å². The Hall–Kier alpha value is -2.18. The first-order valence-corrected chi connectivity index (χ1v) is 11.4. The van der Waals surface area contributed by atoms with Crippen LogP contribution in [0.25, 0.3) is 0 Å². The zero-order valence-corrected chi connectivity index (χ0v) is 18.9. The largest absolute Gasteiger partial charge is 0.497 e. The predicted molar refractivity (Wildman–Crippen MR) is 121 cm³/mol. The molecule has 2 aliphatic heterocycles. The summed E-state index contributed by atoms with van der Waals surface area (Å²) in [6, 6.07) is 13.2. The van der Waals surface area contributed by atoms with Crippen molar-refractivity contribution in [3.63, 3.8) is 0 Å². The molecule has 0 bridgehead atoms. The monoisotopic (exact) mass is 444 g/mol. The van der Waals surface area contributed by atoms with Crippen LogP contribution in [-0.2, 0) is 21.0 Å². The van der Waals surface area contributed by atoms with E-state index in [2.05, 4.69) is 0 Å². The zero-order valence-electron chi connectivity index (χ0n) is 17.4. The van der Waals surface area contributed by atoms with Gasteiger partial charge >= 0.3 is 0 Å². The van der Waals surface area contributed by atoms with Gasteiger partial charge in [-0.25, -0.2) is 0 Å². The van der Waals surface area contributed by atoms with Gasteiger partial charge in [-0.2, -0.15) is 0 Å². The Bertz CT molecular complexity index is 996. The lowest BCUT2D eigenvalue weighted by Gasteiger charge is -2.33. The Morgan fingerprint density at radius 3 is 2.73 bits per heavy atom. The number of benzene rings is 2. The molecule has 1 atom stereocenters. The van der Waals surface area contributed by atoms with E-state index in [0.29, 0.717) is 36.0 Å². The first-order chi connectivity index (χ1) is 14.4. The van der Waals surface area contributed by atoms with Gasteiger partial charge < -0.3 is 14.5 Å². The molecule has 2 aliphatic rings. The summed E-state index contributed by atoms with van der Waals surface area (Å²) < 4.78 is 5.45. The molecule has 0 N–H and O–H groups in total. The van der Waals surface area contributed by atoms with Crippen LogP contribution in [-0.4, -0.2) is 36.1 Å². The Kier molecular flexibility index (Phi) is 5.73. The SMILES string of the molecule is COc1ccc2c(c1)[C@@]1(SCCN1C(=O)CC(C)C)C(=O)N2Cc1ccccc1Cl. The van der Waals surface area contributed by atoms with E-state index < -0.39 is 4.87 Å². The third kappa shape index (κ3) is 3.36. The summed E-state index contributed by atoms with van der Waals surface area (Å²) in [5.74, 6) is 1.53. The van der Waals surface area contributed by atoms with Gasteiger partial charge in [-0.05, 0) is 35.7 Å². The lowest BCUT2D eigenvalue weighted by atomic mass is 10.0. The molecule has 2 amide bonds. The predicted octanol–water partition coefficient (Wildman–Crippen LogP) is 4.67. The number of hydrogen-bond donors (Lipinski definition) is 0. The van der Waals surface area contributed by atoms with Gasteiger partial charge in [0.25, 0.3) is 5.91 Å². The van der Waals surface area contributed by atoms with Crippen LogP contribution in [0, 0.1) is 5.92 Å². The van der Waals surface area contributed by atoms with Gasteiger partial charge in [-0.3, -0.25) is 9.59 Å². The van der Waals surface area contributed by atoms with Crippen LogP contribution in [0.2, 0.25) is 5.02 Å². The number of amides is 2. The fourth-order valence-corrected chi connectivity index (χ4v) is 5.86. The van der Waals surface area contributed by atoms with E-state index in [1.807, 2.05) is 56.3 Å². The molecule has 158 valence electrons. The van der Waals surface area contributed by atoms with Gasteiger partial charge in [0, 0.05) is 29.3 Å². The molecule has 4 rings (SSSR count). The lowest BCUT2D eigenvalue weighted by molar-refractivity contribution is -0.140. The van der Waals surface area contributed by atoms with Crippen LogP contribution in [0.3, 0.4) is 0 Å².